The molecule has 1 N–H and O–H groups in total. The second-order valence-corrected chi connectivity index (χ2v) is 7.48. The van der Waals surface area contributed by atoms with Gasteiger partial charge in [-0.3, -0.25) is 0 Å². The van der Waals surface area contributed by atoms with Crippen LogP contribution in [0.5, 0.6) is 0 Å². The molecule has 132 valence electrons. The number of hydrogen-bond acceptors (Lipinski definition) is 3. The van der Waals surface area contributed by atoms with E-state index in [4.69, 9.17) is 11.6 Å². The summed E-state index contributed by atoms with van der Waals surface area (Å²) in [6, 6.07) is 2.67. The second kappa shape index (κ2) is 7.57. The van der Waals surface area contributed by atoms with E-state index in [0.717, 1.165) is 18.6 Å². The van der Waals surface area contributed by atoms with Crippen LogP contribution in [0.25, 0.3) is 0 Å². The van der Waals surface area contributed by atoms with Crippen molar-refractivity contribution in [1.82, 2.24) is 9.62 Å². The molecule has 0 aromatic heterocycles. The maximum absolute atomic E-state index is 12.9. The van der Waals surface area contributed by atoms with Crippen LogP contribution in [0.2, 0.25) is 5.02 Å². The van der Waals surface area contributed by atoms with Crippen LogP contribution in [-0.4, -0.2) is 38.9 Å². The number of alkyl halides is 3. The molecule has 1 saturated heterocycles. The van der Waals surface area contributed by atoms with Crippen LogP contribution in [0, 0.1) is 0 Å². The SMILES string of the molecule is CNC1CCCN(S(=O)(=O)c2ccc(Cl)c(C(F)(F)F)c2)C1.Cl. The van der Waals surface area contributed by atoms with Crippen LogP contribution in [-0.2, 0) is 16.2 Å². The number of piperidine rings is 1. The van der Waals surface area contributed by atoms with Crippen molar-refractivity contribution in [2.24, 2.45) is 0 Å². The van der Waals surface area contributed by atoms with Crippen molar-refractivity contribution in [2.75, 3.05) is 20.1 Å². The summed E-state index contributed by atoms with van der Waals surface area (Å²) in [6.07, 6.45) is -3.21. The fourth-order valence-corrected chi connectivity index (χ4v) is 4.20. The molecule has 0 amide bonds. The molecule has 1 aromatic rings. The molecule has 23 heavy (non-hydrogen) atoms. The lowest BCUT2D eigenvalue weighted by atomic mass is 10.1. The molecule has 1 unspecified atom stereocenters. The van der Waals surface area contributed by atoms with E-state index in [0.29, 0.717) is 19.0 Å². The van der Waals surface area contributed by atoms with Crippen LogP contribution in [0.15, 0.2) is 23.1 Å². The summed E-state index contributed by atoms with van der Waals surface area (Å²) in [5.41, 5.74) is -1.14. The first-order chi connectivity index (χ1) is 10.2. The predicted octanol–water partition coefficient (Wildman–Crippen LogP) is 3.15. The van der Waals surface area contributed by atoms with Crippen molar-refractivity contribution in [1.29, 1.82) is 0 Å². The van der Waals surface area contributed by atoms with E-state index in [-0.39, 0.29) is 29.9 Å². The highest BCUT2D eigenvalue weighted by atomic mass is 35.5. The maximum Gasteiger partial charge on any atom is 0.417 e. The van der Waals surface area contributed by atoms with Gasteiger partial charge in [-0.25, -0.2) is 8.42 Å². The average Bonchev–Trinajstić information content (AvgIpc) is 2.46. The standard InChI is InChI=1S/C13H16ClF3N2O2S.ClH/c1-18-9-3-2-6-19(8-9)22(20,21)10-4-5-12(14)11(7-10)13(15,16)17;/h4-5,7,9,18H,2-3,6,8H2,1H3;1H. The molecule has 0 saturated carbocycles. The van der Waals surface area contributed by atoms with Crippen molar-refractivity contribution in [3.05, 3.63) is 28.8 Å². The number of hydrogen-bond donors (Lipinski definition) is 1. The normalized spacial score (nSPS) is 20.1. The van der Waals surface area contributed by atoms with E-state index >= 15 is 0 Å². The maximum atomic E-state index is 12.9. The monoisotopic (exact) mass is 392 g/mol. The molecule has 1 aliphatic rings. The highest BCUT2D eigenvalue weighted by Crippen LogP contribution is 2.36. The molecule has 0 aliphatic carbocycles. The molecule has 1 fully saturated rings. The molecule has 0 radical (unpaired) electrons. The van der Waals surface area contributed by atoms with Crippen LogP contribution in [0.4, 0.5) is 13.2 Å². The average molecular weight is 393 g/mol. The zero-order chi connectivity index (χ0) is 16.5. The smallest absolute Gasteiger partial charge is 0.316 e. The number of rotatable bonds is 3. The van der Waals surface area contributed by atoms with E-state index in [2.05, 4.69) is 5.32 Å². The van der Waals surface area contributed by atoms with Crippen LogP contribution in [0.3, 0.4) is 0 Å². The molecule has 1 atom stereocenters. The minimum absolute atomic E-state index is 0. The Hall–Kier alpha value is -0.540. The fraction of sp³-hybridized carbons (Fsp3) is 0.538. The van der Waals surface area contributed by atoms with E-state index < -0.39 is 26.8 Å². The van der Waals surface area contributed by atoms with E-state index in [1.165, 1.54) is 4.31 Å². The molecule has 10 heteroatoms. The molecule has 0 spiro atoms. The Bertz CT molecular complexity index is 653. The van der Waals surface area contributed by atoms with Gasteiger partial charge in [0.15, 0.2) is 0 Å². The lowest BCUT2D eigenvalue weighted by Gasteiger charge is -2.31. The summed E-state index contributed by atoms with van der Waals surface area (Å²) in [7, 11) is -2.24. The number of benzene rings is 1. The number of likely N-dealkylation sites (N-methyl/N-ethyl adjacent to an activating group) is 1. The summed E-state index contributed by atoms with van der Waals surface area (Å²) in [5.74, 6) is 0. The first-order valence-corrected chi connectivity index (χ1v) is 8.52. The molecular weight excluding hydrogens is 376 g/mol. The molecule has 0 bridgehead atoms. The Kier molecular flexibility index (Phi) is 6.74. The molecule has 1 aromatic carbocycles. The first kappa shape index (κ1) is 20.5. The van der Waals surface area contributed by atoms with Gasteiger partial charge in [-0.2, -0.15) is 17.5 Å². The van der Waals surface area contributed by atoms with Gasteiger partial charge in [0.05, 0.1) is 15.5 Å². The third kappa shape index (κ3) is 4.51. The largest absolute Gasteiger partial charge is 0.417 e. The zero-order valence-electron chi connectivity index (χ0n) is 12.2. The number of nitrogens with zero attached hydrogens (tertiary/aromatic N) is 1. The van der Waals surface area contributed by atoms with Gasteiger partial charge in [-0.15, -0.1) is 12.4 Å². The van der Waals surface area contributed by atoms with Crippen molar-refractivity contribution in [3.63, 3.8) is 0 Å². The van der Waals surface area contributed by atoms with Gasteiger partial charge in [0.1, 0.15) is 0 Å². The molecule has 1 heterocycles. The van der Waals surface area contributed by atoms with Crippen LogP contribution >= 0.6 is 24.0 Å². The Morgan fingerprint density at radius 2 is 2.00 bits per heavy atom. The summed E-state index contributed by atoms with van der Waals surface area (Å²) in [5, 5.41) is 2.48. The van der Waals surface area contributed by atoms with Crippen LogP contribution in [0.1, 0.15) is 18.4 Å². The minimum atomic E-state index is -4.70. The number of sulfonamides is 1. The van der Waals surface area contributed by atoms with Crippen molar-refractivity contribution in [2.45, 2.75) is 30.0 Å². The summed E-state index contributed by atoms with van der Waals surface area (Å²) in [6.45, 7) is 0.535. The third-order valence-corrected chi connectivity index (χ3v) is 5.86. The zero-order valence-corrected chi connectivity index (χ0v) is 14.6. The Labute approximate surface area is 144 Å². The molecule has 1 aliphatic heterocycles. The molecule has 4 nitrogen and oxygen atoms in total. The summed E-state index contributed by atoms with van der Waals surface area (Å²) < 4.78 is 64.9. The summed E-state index contributed by atoms with van der Waals surface area (Å²) >= 11 is 5.52. The first-order valence-electron chi connectivity index (χ1n) is 6.70. The molecule has 2 rings (SSSR count). The summed E-state index contributed by atoms with van der Waals surface area (Å²) in [4.78, 5) is -0.388. The van der Waals surface area contributed by atoms with Crippen molar-refractivity contribution >= 4 is 34.0 Å². The fourth-order valence-electron chi connectivity index (χ4n) is 2.43. The van der Waals surface area contributed by atoms with Gasteiger partial charge in [0.2, 0.25) is 10.0 Å². The topological polar surface area (TPSA) is 49.4 Å². The second-order valence-electron chi connectivity index (χ2n) is 5.13. The lowest BCUT2D eigenvalue weighted by Crippen LogP contribution is -2.46. The predicted molar refractivity (Wildman–Crippen MR) is 84.5 cm³/mol. The van der Waals surface area contributed by atoms with Gasteiger partial charge in [0.25, 0.3) is 0 Å². The van der Waals surface area contributed by atoms with Crippen LogP contribution < -0.4 is 5.32 Å². The van der Waals surface area contributed by atoms with Crippen molar-refractivity contribution < 1.29 is 21.6 Å². The van der Waals surface area contributed by atoms with E-state index in [1.54, 1.807) is 7.05 Å². The van der Waals surface area contributed by atoms with Gasteiger partial charge in [-0.1, -0.05) is 11.6 Å². The Morgan fingerprint density at radius 3 is 2.57 bits per heavy atom. The van der Waals surface area contributed by atoms with Gasteiger partial charge in [0, 0.05) is 19.1 Å². The van der Waals surface area contributed by atoms with Crippen molar-refractivity contribution in [3.8, 4) is 0 Å². The quantitative estimate of drug-likeness (QED) is 0.859. The van der Waals surface area contributed by atoms with Gasteiger partial charge < -0.3 is 5.32 Å². The highest BCUT2D eigenvalue weighted by Gasteiger charge is 2.36. The van der Waals surface area contributed by atoms with Gasteiger partial charge in [-0.05, 0) is 38.1 Å². The molecular formula is C13H17Cl2F3N2O2S. The Morgan fingerprint density at radius 1 is 1.35 bits per heavy atom. The third-order valence-electron chi connectivity index (χ3n) is 3.67. The number of halogens is 5. The Balaban J connectivity index is 0.00000264. The van der Waals surface area contributed by atoms with Gasteiger partial charge >= 0.3 is 6.18 Å². The lowest BCUT2D eigenvalue weighted by molar-refractivity contribution is -0.137. The van der Waals surface area contributed by atoms with E-state index in [1.807, 2.05) is 0 Å². The minimum Gasteiger partial charge on any atom is -0.316 e. The highest BCUT2D eigenvalue weighted by molar-refractivity contribution is 7.89. The van der Waals surface area contributed by atoms with E-state index in [9.17, 15) is 21.6 Å². The number of nitrogens with one attached hydrogen (secondary N) is 1.